The van der Waals surface area contributed by atoms with Crippen molar-refractivity contribution in [3.8, 4) is 0 Å². The summed E-state index contributed by atoms with van der Waals surface area (Å²) < 4.78 is 0. The van der Waals surface area contributed by atoms with Crippen LogP contribution in [0.15, 0.2) is 0 Å². The number of rotatable bonds is 7. The number of carboxylic acids is 1. The summed E-state index contributed by atoms with van der Waals surface area (Å²) in [5, 5.41) is 12.0. The number of urea groups is 1. The van der Waals surface area contributed by atoms with E-state index in [0.717, 1.165) is 38.0 Å². The third-order valence-corrected chi connectivity index (χ3v) is 5.08. The molecule has 20 heavy (non-hydrogen) atoms. The molecule has 2 atom stereocenters. The second-order valence-electron chi connectivity index (χ2n) is 5.30. The van der Waals surface area contributed by atoms with E-state index in [1.807, 2.05) is 16.7 Å². The molecule has 0 aromatic rings. The average molecular weight is 302 g/mol. The predicted octanol–water partition coefficient (Wildman–Crippen LogP) is 2.56. The van der Waals surface area contributed by atoms with Crippen molar-refractivity contribution in [2.24, 2.45) is 0 Å². The number of nitrogens with one attached hydrogen (secondary N) is 1. The highest BCUT2D eigenvalue weighted by atomic mass is 32.2. The van der Waals surface area contributed by atoms with Gasteiger partial charge in [-0.25, -0.2) is 4.79 Å². The van der Waals surface area contributed by atoms with E-state index in [2.05, 4.69) is 19.2 Å². The molecule has 1 heterocycles. The van der Waals surface area contributed by atoms with E-state index in [1.54, 1.807) is 0 Å². The Morgan fingerprint density at radius 3 is 2.65 bits per heavy atom. The summed E-state index contributed by atoms with van der Waals surface area (Å²) in [5.41, 5.74) is 0. The monoisotopic (exact) mass is 302 g/mol. The Morgan fingerprint density at radius 2 is 1.95 bits per heavy atom. The van der Waals surface area contributed by atoms with E-state index in [9.17, 15) is 9.59 Å². The highest BCUT2D eigenvalue weighted by molar-refractivity contribution is 8.00. The van der Waals surface area contributed by atoms with Gasteiger partial charge in [-0.3, -0.25) is 4.79 Å². The highest BCUT2D eigenvalue weighted by Gasteiger charge is 2.28. The van der Waals surface area contributed by atoms with Crippen LogP contribution in [-0.4, -0.2) is 52.1 Å². The minimum Gasteiger partial charge on any atom is -0.481 e. The molecule has 2 amide bonds. The standard InChI is InChI=1S/C14H26N2O3S/c1-11-12(2)20-10-9-16(11)14(19)15-8-6-4-3-5-7-13(17)18/h11-12H,3-10H2,1-2H3,(H,15,19)(H,17,18). The summed E-state index contributed by atoms with van der Waals surface area (Å²) >= 11 is 1.92. The molecule has 1 fully saturated rings. The van der Waals surface area contributed by atoms with Crippen molar-refractivity contribution in [3.63, 3.8) is 0 Å². The van der Waals surface area contributed by atoms with E-state index in [0.29, 0.717) is 11.8 Å². The van der Waals surface area contributed by atoms with Gasteiger partial charge in [0.1, 0.15) is 0 Å². The van der Waals surface area contributed by atoms with Crippen LogP contribution in [0.1, 0.15) is 46.0 Å². The number of unbranched alkanes of at least 4 members (excludes halogenated alkanes) is 3. The first-order valence-electron chi connectivity index (χ1n) is 7.40. The van der Waals surface area contributed by atoms with Gasteiger partial charge in [0, 0.05) is 36.6 Å². The zero-order chi connectivity index (χ0) is 15.0. The third-order valence-electron chi connectivity index (χ3n) is 3.74. The number of hydrogen-bond donors (Lipinski definition) is 2. The Labute approximate surface area is 125 Å². The maximum Gasteiger partial charge on any atom is 0.317 e. The Bertz CT molecular complexity index is 326. The number of carbonyl (C=O) groups excluding carboxylic acids is 1. The molecule has 2 N–H and O–H groups in total. The quantitative estimate of drug-likeness (QED) is 0.709. The van der Waals surface area contributed by atoms with Gasteiger partial charge in [0.2, 0.25) is 0 Å². The van der Waals surface area contributed by atoms with Crippen molar-refractivity contribution in [1.82, 2.24) is 10.2 Å². The van der Waals surface area contributed by atoms with Crippen LogP contribution < -0.4 is 5.32 Å². The van der Waals surface area contributed by atoms with Crippen molar-refractivity contribution in [2.45, 2.75) is 57.2 Å². The first-order valence-corrected chi connectivity index (χ1v) is 8.45. The van der Waals surface area contributed by atoms with Crippen LogP contribution in [0.3, 0.4) is 0 Å². The van der Waals surface area contributed by atoms with Crippen molar-refractivity contribution in [3.05, 3.63) is 0 Å². The van der Waals surface area contributed by atoms with E-state index in [4.69, 9.17) is 5.11 Å². The van der Waals surface area contributed by atoms with Gasteiger partial charge in [0.25, 0.3) is 0 Å². The van der Waals surface area contributed by atoms with Gasteiger partial charge in [0.05, 0.1) is 0 Å². The first kappa shape index (κ1) is 17.1. The van der Waals surface area contributed by atoms with Gasteiger partial charge >= 0.3 is 12.0 Å². The van der Waals surface area contributed by atoms with Crippen molar-refractivity contribution >= 4 is 23.8 Å². The fourth-order valence-corrected chi connectivity index (χ4v) is 3.37. The number of amides is 2. The van der Waals surface area contributed by atoms with Gasteiger partial charge in [-0.05, 0) is 19.8 Å². The number of carboxylic acid groups (broad SMARTS) is 1. The maximum atomic E-state index is 12.1. The van der Waals surface area contributed by atoms with E-state index < -0.39 is 5.97 Å². The Morgan fingerprint density at radius 1 is 1.25 bits per heavy atom. The minimum atomic E-state index is -0.732. The maximum absolute atomic E-state index is 12.1. The minimum absolute atomic E-state index is 0.0372. The number of carbonyl (C=O) groups is 2. The fraction of sp³-hybridized carbons (Fsp3) is 0.857. The zero-order valence-electron chi connectivity index (χ0n) is 12.4. The molecule has 5 nitrogen and oxygen atoms in total. The normalized spacial score (nSPS) is 22.6. The Kier molecular flexibility index (Phi) is 7.80. The van der Waals surface area contributed by atoms with Crippen LogP contribution >= 0.6 is 11.8 Å². The second kappa shape index (κ2) is 9.10. The number of nitrogens with zero attached hydrogens (tertiary/aromatic N) is 1. The molecule has 0 aliphatic carbocycles. The lowest BCUT2D eigenvalue weighted by molar-refractivity contribution is -0.137. The van der Waals surface area contributed by atoms with Gasteiger partial charge in [-0.2, -0.15) is 11.8 Å². The molecule has 1 saturated heterocycles. The smallest absolute Gasteiger partial charge is 0.317 e. The van der Waals surface area contributed by atoms with Gasteiger partial charge < -0.3 is 15.3 Å². The fourth-order valence-electron chi connectivity index (χ4n) is 2.27. The lowest BCUT2D eigenvalue weighted by Gasteiger charge is -2.37. The molecule has 1 rings (SSSR count). The van der Waals surface area contributed by atoms with Crippen LogP contribution in [-0.2, 0) is 4.79 Å². The Hall–Kier alpha value is -0.910. The summed E-state index contributed by atoms with van der Waals surface area (Å²) in [5.74, 6) is 0.276. The highest BCUT2D eigenvalue weighted by Crippen LogP contribution is 2.23. The number of aliphatic carboxylic acids is 1. The molecule has 0 radical (unpaired) electrons. The van der Waals surface area contributed by atoms with Gasteiger partial charge in [0.15, 0.2) is 0 Å². The third kappa shape index (κ3) is 6.03. The lowest BCUT2D eigenvalue weighted by Crippen LogP contribution is -2.52. The molecule has 116 valence electrons. The van der Waals surface area contributed by atoms with Crippen LogP contribution in [0, 0.1) is 0 Å². The molecule has 2 unspecified atom stereocenters. The van der Waals surface area contributed by atoms with E-state index >= 15 is 0 Å². The SMILES string of the molecule is CC1SCCN(C(=O)NCCCCCCC(=O)O)C1C. The van der Waals surface area contributed by atoms with Crippen LogP contribution in [0.5, 0.6) is 0 Å². The van der Waals surface area contributed by atoms with Crippen molar-refractivity contribution < 1.29 is 14.7 Å². The average Bonchev–Trinajstić information content (AvgIpc) is 2.40. The molecule has 0 aromatic carbocycles. The largest absolute Gasteiger partial charge is 0.481 e. The molecule has 0 bridgehead atoms. The predicted molar refractivity (Wildman–Crippen MR) is 82.2 cm³/mol. The van der Waals surface area contributed by atoms with Crippen molar-refractivity contribution in [1.29, 1.82) is 0 Å². The van der Waals surface area contributed by atoms with E-state index in [1.165, 1.54) is 0 Å². The number of hydrogen-bond acceptors (Lipinski definition) is 3. The van der Waals surface area contributed by atoms with Crippen LogP contribution in [0.2, 0.25) is 0 Å². The topological polar surface area (TPSA) is 69.6 Å². The molecule has 1 aliphatic rings. The number of thioether (sulfide) groups is 1. The molecule has 1 aliphatic heterocycles. The van der Waals surface area contributed by atoms with Crippen LogP contribution in [0.4, 0.5) is 4.79 Å². The lowest BCUT2D eigenvalue weighted by atomic mass is 10.1. The summed E-state index contributed by atoms with van der Waals surface area (Å²) in [6, 6.07) is 0.319. The second-order valence-corrected chi connectivity index (χ2v) is 6.78. The zero-order valence-corrected chi connectivity index (χ0v) is 13.2. The molecule has 6 heteroatoms. The molecule has 0 spiro atoms. The summed E-state index contributed by atoms with van der Waals surface area (Å²) in [4.78, 5) is 24.3. The summed E-state index contributed by atoms with van der Waals surface area (Å²) in [6.07, 6.45) is 3.76. The summed E-state index contributed by atoms with van der Waals surface area (Å²) in [6.45, 7) is 5.76. The van der Waals surface area contributed by atoms with E-state index in [-0.39, 0.29) is 18.5 Å². The molecular formula is C14H26N2O3S. The first-order chi connectivity index (χ1) is 9.52. The van der Waals surface area contributed by atoms with Gasteiger partial charge in [-0.15, -0.1) is 0 Å². The van der Waals surface area contributed by atoms with Crippen molar-refractivity contribution in [2.75, 3.05) is 18.8 Å². The molecule has 0 aromatic heterocycles. The Balaban J connectivity index is 2.09. The van der Waals surface area contributed by atoms with Gasteiger partial charge in [-0.1, -0.05) is 19.8 Å². The van der Waals surface area contributed by atoms with Crippen LogP contribution in [0.25, 0.3) is 0 Å². The molecule has 0 saturated carbocycles. The molecular weight excluding hydrogens is 276 g/mol. The summed E-state index contributed by atoms with van der Waals surface area (Å²) in [7, 11) is 0.